The molecule has 0 saturated carbocycles. The highest BCUT2D eigenvalue weighted by Gasteiger charge is 2.30. The molecule has 5 unspecified atom stereocenters. The largest absolute Gasteiger partial charge is 0.472 e. The van der Waals surface area contributed by atoms with E-state index in [1.807, 2.05) is 0 Å². The Morgan fingerprint density at radius 2 is 0.500 bits per heavy atom. The Morgan fingerprint density at radius 1 is 0.279 bits per heavy atom. The summed E-state index contributed by atoms with van der Waals surface area (Å²) in [6, 6.07) is 0. The van der Waals surface area contributed by atoms with Gasteiger partial charge in [-0.3, -0.25) is 37.3 Å². The summed E-state index contributed by atoms with van der Waals surface area (Å²) in [7, 11) is -9.97. The van der Waals surface area contributed by atoms with Crippen molar-refractivity contribution in [1.29, 1.82) is 0 Å². The van der Waals surface area contributed by atoms with Crippen LogP contribution in [0, 0.1) is 0 Å². The second-order valence-corrected chi connectivity index (χ2v) is 30.2. The van der Waals surface area contributed by atoms with E-state index in [4.69, 9.17) is 37.0 Å². The average Bonchev–Trinajstić information content (AvgIpc) is 0.918. The van der Waals surface area contributed by atoms with E-state index in [0.29, 0.717) is 25.7 Å². The van der Waals surface area contributed by atoms with E-state index in [9.17, 15) is 43.2 Å². The van der Waals surface area contributed by atoms with Crippen LogP contribution in [0.1, 0.15) is 349 Å². The molecule has 0 bridgehead atoms. The molecule has 0 spiro atoms. The Kier molecular flexibility index (Phi) is 73.7. The summed E-state index contributed by atoms with van der Waals surface area (Å²) < 4.78 is 68.7. The average molecular weight is 1500 g/mol. The number of ether oxygens (including phenoxy) is 4. The van der Waals surface area contributed by atoms with Gasteiger partial charge < -0.3 is 33.8 Å². The molecular formula is C85H148O17P2. The number of hydrogen-bond acceptors (Lipinski definition) is 15. The molecule has 0 radical (unpaired) electrons. The molecule has 0 aliphatic carbocycles. The van der Waals surface area contributed by atoms with Crippen LogP contribution >= 0.6 is 15.6 Å². The van der Waals surface area contributed by atoms with Crippen molar-refractivity contribution in [2.24, 2.45) is 0 Å². The third-order valence-electron chi connectivity index (χ3n) is 17.2. The Bertz CT molecular complexity index is 2390. The summed E-state index contributed by atoms with van der Waals surface area (Å²) in [6.07, 6.45) is 83.5. The maximum absolute atomic E-state index is 13.1. The van der Waals surface area contributed by atoms with E-state index < -0.39 is 97.5 Å². The Morgan fingerprint density at radius 3 is 0.798 bits per heavy atom. The van der Waals surface area contributed by atoms with Crippen LogP contribution in [0.15, 0.2) is 109 Å². The highest BCUT2D eigenvalue weighted by molar-refractivity contribution is 7.47. The van der Waals surface area contributed by atoms with Gasteiger partial charge in [-0.2, -0.15) is 0 Å². The number of hydrogen-bond donors (Lipinski definition) is 3. The van der Waals surface area contributed by atoms with Crippen molar-refractivity contribution in [3.8, 4) is 0 Å². The number of esters is 4. The molecule has 0 amide bonds. The van der Waals surface area contributed by atoms with Gasteiger partial charge in [-0.25, -0.2) is 9.13 Å². The molecule has 0 aliphatic rings. The first-order valence-electron chi connectivity index (χ1n) is 41.1. The number of allylic oxidation sites excluding steroid dienone is 18. The van der Waals surface area contributed by atoms with Crippen LogP contribution in [0.2, 0.25) is 0 Å². The van der Waals surface area contributed by atoms with Crippen LogP contribution in [0.3, 0.4) is 0 Å². The van der Waals surface area contributed by atoms with Crippen LogP contribution in [-0.2, 0) is 65.4 Å². The topological polar surface area (TPSA) is 237 Å². The number of rotatable bonds is 77. The van der Waals surface area contributed by atoms with Gasteiger partial charge in [-0.15, -0.1) is 0 Å². The minimum absolute atomic E-state index is 0.0759. The maximum Gasteiger partial charge on any atom is 0.472 e. The van der Waals surface area contributed by atoms with E-state index in [1.165, 1.54) is 103 Å². The normalized spacial score (nSPS) is 14.4. The third-order valence-corrected chi connectivity index (χ3v) is 19.1. The quantitative estimate of drug-likeness (QED) is 0.0169. The summed E-state index contributed by atoms with van der Waals surface area (Å²) in [6.45, 7) is 4.62. The van der Waals surface area contributed by atoms with Crippen molar-refractivity contribution < 1.29 is 80.2 Å². The molecule has 0 heterocycles. The second kappa shape index (κ2) is 76.9. The van der Waals surface area contributed by atoms with E-state index in [-0.39, 0.29) is 25.7 Å². The Labute approximate surface area is 632 Å². The second-order valence-electron chi connectivity index (χ2n) is 27.3. The summed E-state index contributed by atoms with van der Waals surface area (Å²) in [5.74, 6) is -2.23. The summed E-state index contributed by atoms with van der Waals surface area (Å²) in [4.78, 5) is 73.1. The highest BCUT2D eigenvalue weighted by atomic mass is 31.2. The van der Waals surface area contributed by atoms with Crippen molar-refractivity contribution in [1.82, 2.24) is 0 Å². The van der Waals surface area contributed by atoms with Crippen molar-refractivity contribution in [3.05, 3.63) is 109 Å². The smallest absolute Gasteiger partial charge is 0.462 e. The first-order chi connectivity index (χ1) is 50.7. The lowest BCUT2D eigenvalue weighted by atomic mass is 10.0. The first kappa shape index (κ1) is 99.7. The van der Waals surface area contributed by atoms with Gasteiger partial charge in [0.15, 0.2) is 12.2 Å². The predicted octanol–water partition coefficient (Wildman–Crippen LogP) is 24.1. The molecule has 0 aromatic rings. The molecule has 5 atom stereocenters. The van der Waals surface area contributed by atoms with Gasteiger partial charge in [0.2, 0.25) is 0 Å². The number of unbranched alkanes of at least 4 members (excludes halogenated alkanes) is 33. The fourth-order valence-electron chi connectivity index (χ4n) is 11.0. The fraction of sp³-hybridized carbons (Fsp3) is 0.741. The number of phosphoric acid groups is 2. The zero-order chi connectivity index (χ0) is 76.0. The Hall–Kier alpha value is -4.28. The fourth-order valence-corrected chi connectivity index (χ4v) is 12.6. The highest BCUT2D eigenvalue weighted by Crippen LogP contribution is 2.45. The van der Waals surface area contributed by atoms with Gasteiger partial charge in [0, 0.05) is 25.7 Å². The maximum atomic E-state index is 13.1. The van der Waals surface area contributed by atoms with Gasteiger partial charge in [-0.1, -0.05) is 304 Å². The van der Waals surface area contributed by atoms with Gasteiger partial charge in [0.25, 0.3) is 0 Å². The number of carbonyl (C=O) groups excluding carboxylic acids is 4. The lowest BCUT2D eigenvalue weighted by Gasteiger charge is -2.21. The SMILES string of the molecule is CC/C=C\C/C=C\C/C=C\C/C=C\CCCCCCCCC(=O)OCC(COP(=O)(O)OCC(O)COP(=O)(O)OCC(COC(=O)CCCC/C=C\C/C=C\C/C=C\C/C=C\CC)OC(=O)CCCCCCC/C=C\CCCCCCCC)OC(=O)CCCCCCCCCCCCCCCCC. The van der Waals surface area contributed by atoms with Crippen LogP contribution in [-0.4, -0.2) is 96.7 Å². The van der Waals surface area contributed by atoms with Gasteiger partial charge >= 0.3 is 39.5 Å². The van der Waals surface area contributed by atoms with E-state index in [1.54, 1.807) is 0 Å². The summed E-state index contributed by atoms with van der Waals surface area (Å²) in [5.41, 5.74) is 0. The summed E-state index contributed by atoms with van der Waals surface area (Å²) >= 11 is 0. The molecule has 19 heteroatoms. The molecule has 17 nitrogen and oxygen atoms in total. The zero-order valence-corrected chi connectivity index (χ0v) is 67.5. The molecule has 600 valence electrons. The standard InChI is InChI=1S/C85H148O17P2/c1-5-9-13-17-21-25-29-33-37-38-39-40-44-46-50-54-58-62-66-70-83(88)96-76-81(102-85(90)72-68-64-60-56-52-48-43-36-32-28-24-20-16-12-8-4)78-100-104(93,94)98-74-79(86)73-97-103(91,92)99-77-80(101-84(89)71-67-63-59-55-51-47-42-35-31-27-23-19-15-11-7-3)75-95-82(87)69-65-61-57-53-49-45-41-34-30-26-22-18-14-10-6-2/h9-10,13-14,21-22,25-26,33-35,37,39-42,49,53,79-81,86H,5-8,11-12,15-20,23-24,27-32,36,38,43-48,50-52,54-78H2,1-4H3,(H,91,92)(H,93,94)/b13-9-,14-10-,25-21-,26-22-,37-33-,40-39-,41-34-,42-35-,53-49-. The Balaban J connectivity index is 5.39. The third kappa shape index (κ3) is 75.9. The molecule has 0 aromatic heterocycles. The van der Waals surface area contributed by atoms with E-state index >= 15 is 0 Å². The van der Waals surface area contributed by atoms with Crippen molar-refractivity contribution in [3.63, 3.8) is 0 Å². The minimum Gasteiger partial charge on any atom is -0.462 e. The lowest BCUT2D eigenvalue weighted by molar-refractivity contribution is -0.161. The molecule has 0 fully saturated rings. The number of aliphatic hydroxyl groups is 1. The molecule has 0 rings (SSSR count). The molecule has 0 saturated heterocycles. The van der Waals surface area contributed by atoms with Gasteiger partial charge in [-0.05, 0) is 128 Å². The molecule has 0 aromatic carbocycles. The van der Waals surface area contributed by atoms with Crippen molar-refractivity contribution in [2.45, 2.75) is 367 Å². The van der Waals surface area contributed by atoms with Crippen LogP contribution in [0.5, 0.6) is 0 Å². The zero-order valence-electron chi connectivity index (χ0n) is 65.7. The summed E-state index contributed by atoms with van der Waals surface area (Å²) in [5, 5.41) is 10.7. The van der Waals surface area contributed by atoms with Crippen LogP contribution < -0.4 is 0 Å². The molecule has 104 heavy (non-hydrogen) atoms. The molecule has 3 N–H and O–H groups in total. The van der Waals surface area contributed by atoms with Crippen LogP contribution in [0.4, 0.5) is 0 Å². The molecular weight excluding hydrogens is 1350 g/mol. The molecule has 0 aliphatic heterocycles. The van der Waals surface area contributed by atoms with Crippen molar-refractivity contribution in [2.75, 3.05) is 39.6 Å². The minimum atomic E-state index is -4.99. The first-order valence-corrected chi connectivity index (χ1v) is 44.1. The van der Waals surface area contributed by atoms with Crippen molar-refractivity contribution >= 4 is 39.5 Å². The number of aliphatic hydroxyl groups excluding tert-OH is 1. The lowest BCUT2D eigenvalue weighted by Crippen LogP contribution is -2.30. The van der Waals surface area contributed by atoms with E-state index in [0.717, 1.165) is 167 Å². The number of carbonyl (C=O) groups is 4. The van der Waals surface area contributed by atoms with Gasteiger partial charge in [0.05, 0.1) is 26.4 Å². The van der Waals surface area contributed by atoms with Gasteiger partial charge in [0.1, 0.15) is 19.3 Å². The predicted molar refractivity (Wildman–Crippen MR) is 427 cm³/mol. The number of phosphoric ester groups is 2. The monoisotopic (exact) mass is 1500 g/mol. The van der Waals surface area contributed by atoms with Crippen LogP contribution in [0.25, 0.3) is 0 Å². The van der Waals surface area contributed by atoms with E-state index in [2.05, 4.69) is 137 Å².